The van der Waals surface area contributed by atoms with Crippen molar-refractivity contribution in [3.8, 4) is 5.69 Å². The Balaban J connectivity index is 1.96. The summed E-state index contributed by atoms with van der Waals surface area (Å²) in [5.74, 6) is 0. The van der Waals surface area contributed by atoms with Gasteiger partial charge in [-0.05, 0) is 20.6 Å². The van der Waals surface area contributed by atoms with E-state index < -0.39 is 7.92 Å². The van der Waals surface area contributed by atoms with Gasteiger partial charge in [-0.25, -0.2) is 4.79 Å². The number of para-hydroxylation sites is 1. The van der Waals surface area contributed by atoms with Crippen molar-refractivity contribution in [2.75, 3.05) is 0 Å². The van der Waals surface area contributed by atoms with Crippen molar-refractivity contribution in [2.24, 2.45) is 0 Å². The SMILES string of the molecule is O=c1o[nH][n+](-c2ccccc2)c1P(c1ccccc1)c1ccccc1. The molecule has 4 aromatic rings. The number of aromatic amines is 1. The third-order valence-electron chi connectivity index (χ3n) is 3.88. The summed E-state index contributed by atoms with van der Waals surface area (Å²) in [4.78, 5) is 12.6. The fourth-order valence-corrected chi connectivity index (χ4v) is 5.07. The van der Waals surface area contributed by atoms with E-state index in [1.165, 1.54) is 0 Å². The minimum absolute atomic E-state index is 0.345. The van der Waals surface area contributed by atoms with Crippen LogP contribution in [0.1, 0.15) is 0 Å². The van der Waals surface area contributed by atoms with Gasteiger partial charge in [0, 0.05) is 12.1 Å². The number of nitrogens with zero attached hydrogens (tertiary/aromatic N) is 1. The van der Waals surface area contributed by atoms with E-state index in [-0.39, 0.29) is 5.63 Å². The number of nitrogens with one attached hydrogen (secondary N) is 1. The minimum atomic E-state index is -1.05. The average molecular weight is 347 g/mol. The molecule has 0 bridgehead atoms. The normalized spacial score (nSPS) is 10.9. The van der Waals surface area contributed by atoms with Gasteiger partial charge in [-0.1, -0.05) is 78.9 Å². The molecule has 0 saturated carbocycles. The van der Waals surface area contributed by atoms with Crippen molar-refractivity contribution in [3.63, 3.8) is 0 Å². The molecule has 25 heavy (non-hydrogen) atoms. The Labute approximate surface area is 146 Å². The molecule has 122 valence electrons. The molecule has 1 N–H and O–H groups in total. The van der Waals surface area contributed by atoms with Gasteiger partial charge in [0.05, 0.1) is 7.92 Å². The highest BCUT2D eigenvalue weighted by molar-refractivity contribution is 7.79. The van der Waals surface area contributed by atoms with E-state index in [0.29, 0.717) is 5.44 Å². The van der Waals surface area contributed by atoms with Crippen LogP contribution in [-0.4, -0.2) is 5.27 Å². The summed E-state index contributed by atoms with van der Waals surface area (Å²) in [6.45, 7) is 0. The molecule has 0 saturated heterocycles. The lowest BCUT2D eigenvalue weighted by atomic mass is 10.3. The van der Waals surface area contributed by atoms with E-state index in [0.717, 1.165) is 16.3 Å². The third-order valence-corrected chi connectivity index (χ3v) is 6.31. The molecule has 5 heteroatoms. The smallest absolute Gasteiger partial charge is 0.282 e. The Morgan fingerprint density at radius 1 is 0.720 bits per heavy atom. The Morgan fingerprint density at radius 3 is 1.72 bits per heavy atom. The summed E-state index contributed by atoms with van der Waals surface area (Å²) >= 11 is 0. The summed E-state index contributed by atoms with van der Waals surface area (Å²) in [6.07, 6.45) is 0. The van der Waals surface area contributed by atoms with E-state index in [1.54, 1.807) is 4.68 Å². The molecule has 0 aliphatic heterocycles. The zero-order valence-electron chi connectivity index (χ0n) is 13.4. The third kappa shape index (κ3) is 3.04. The van der Waals surface area contributed by atoms with E-state index in [4.69, 9.17) is 4.52 Å². The fourth-order valence-electron chi connectivity index (χ4n) is 2.76. The maximum absolute atomic E-state index is 12.6. The summed E-state index contributed by atoms with van der Waals surface area (Å²) < 4.78 is 6.92. The molecule has 0 aliphatic rings. The average Bonchev–Trinajstić information content (AvgIpc) is 3.06. The van der Waals surface area contributed by atoms with Gasteiger partial charge in [0.2, 0.25) is 5.69 Å². The van der Waals surface area contributed by atoms with Crippen LogP contribution in [0.3, 0.4) is 0 Å². The molecular formula is C20H16N2O2P+. The topological polar surface area (TPSA) is 49.9 Å². The molecule has 0 atom stereocenters. The zero-order valence-corrected chi connectivity index (χ0v) is 14.3. The second-order valence-corrected chi connectivity index (χ2v) is 7.61. The second-order valence-electron chi connectivity index (χ2n) is 5.48. The van der Waals surface area contributed by atoms with Crippen molar-refractivity contribution in [3.05, 3.63) is 101 Å². The van der Waals surface area contributed by atoms with Crippen molar-refractivity contribution < 1.29 is 9.20 Å². The summed E-state index contributed by atoms with van der Waals surface area (Å²) in [5, 5.41) is 4.95. The Kier molecular flexibility index (Phi) is 4.28. The van der Waals surface area contributed by atoms with Gasteiger partial charge in [-0.3, -0.25) is 4.52 Å². The van der Waals surface area contributed by atoms with Crippen molar-refractivity contribution in [2.45, 2.75) is 0 Å². The highest BCUT2D eigenvalue weighted by atomic mass is 31.1. The Bertz CT molecular complexity index is 972. The molecule has 4 rings (SSSR count). The van der Waals surface area contributed by atoms with Crippen LogP contribution < -0.4 is 26.4 Å². The predicted octanol–water partition coefficient (Wildman–Crippen LogP) is 2.00. The van der Waals surface area contributed by atoms with Gasteiger partial charge in [0.25, 0.3) is 0 Å². The molecular weight excluding hydrogens is 331 g/mol. The first kappa shape index (κ1) is 15.6. The molecule has 0 radical (unpaired) electrons. The molecule has 1 heterocycles. The highest BCUT2D eigenvalue weighted by Gasteiger charge is 2.34. The first-order valence-electron chi connectivity index (χ1n) is 7.94. The lowest BCUT2D eigenvalue weighted by Gasteiger charge is -2.12. The van der Waals surface area contributed by atoms with Gasteiger partial charge >= 0.3 is 11.1 Å². The van der Waals surface area contributed by atoms with E-state index in [1.807, 2.05) is 66.7 Å². The van der Waals surface area contributed by atoms with Gasteiger partial charge < -0.3 is 0 Å². The van der Waals surface area contributed by atoms with E-state index in [2.05, 4.69) is 29.5 Å². The molecule has 0 unspecified atom stereocenters. The summed E-state index contributed by atoms with van der Waals surface area (Å²) in [6, 6.07) is 29.9. The largest absolute Gasteiger partial charge is 0.435 e. The maximum Gasteiger partial charge on any atom is 0.435 e. The minimum Gasteiger partial charge on any atom is -0.282 e. The lowest BCUT2D eigenvalue weighted by Crippen LogP contribution is -2.52. The van der Waals surface area contributed by atoms with Crippen LogP contribution in [0.25, 0.3) is 5.69 Å². The lowest BCUT2D eigenvalue weighted by molar-refractivity contribution is -0.653. The molecule has 0 fully saturated rings. The number of benzene rings is 3. The van der Waals surface area contributed by atoms with Crippen LogP contribution in [0.2, 0.25) is 0 Å². The first-order valence-corrected chi connectivity index (χ1v) is 9.28. The quantitative estimate of drug-likeness (QED) is 0.453. The Morgan fingerprint density at radius 2 is 1.20 bits per heavy atom. The molecule has 1 aromatic heterocycles. The second kappa shape index (κ2) is 6.88. The molecule has 0 aliphatic carbocycles. The highest BCUT2D eigenvalue weighted by Crippen LogP contribution is 2.30. The maximum atomic E-state index is 12.6. The monoisotopic (exact) mass is 347 g/mol. The van der Waals surface area contributed by atoms with Crippen LogP contribution in [0.4, 0.5) is 0 Å². The zero-order chi connectivity index (χ0) is 17.1. The van der Waals surface area contributed by atoms with Gasteiger partial charge in [-0.2, -0.15) is 0 Å². The van der Waals surface area contributed by atoms with Crippen LogP contribution in [0.5, 0.6) is 0 Å². The van der Waals surface area contributed by atoms with E-state index >= 15 is 0 Å². The van der Waals surface area contributed by atoms with E-state index in [9.17, 15) is 4.79 Å². The predicted molar refractivity (Wildman–Crippen MR) is 99.6 cm³/mol. The Hall–Kier alpha value is -2.97. The van der Waals surface area contributed by atoms with Gasteiger partial charge in [0.15, 0.2) is 0 Å². The standard InChI is InChI=1S/C20H15N2O2P/c23-20-19(22(21-24-20)16-10-4-1-5-11-16)25(17-12-6-2-7-13-17)18-14-8-3-9-15-18/h1-15H/p+1. The van der Waals surface area contributed by atoms with Crippen molar-refractivity contribution in [1.82, 2.24) is 5.27 Å². The number of hydrogen-bond donors (Lipinski definition) is 1. The summed E-state index contributed by atoms with van der Waals surface area (Å²) in [5.41, 5.74) is 1.13. The van der Waals surface area contributed by atoms with Gasteiger partial charge in [0.1, 0.15) is 0 Å². The van der Waals surface area contributed by atoms with Gasteiger partial charge in [-0.15, -0.1) is 0 Å². The summed E-state index contributed by atoms with van der Waals surface area (Å²) in [7, 11) is -1.05. The first-order chi connectivity index (χ1) is 12.3. The van der Waals surface area contributed by atoms with Crippen LogP contribution in [-0.2, 0) is 0 Å². The number of aromatic nitrogens is 2. The fraction of sp³-hybridized carbons (Fsp3) is 0. The van der Waals surface area contributed by atoms with Crippen molar-refractivity contribution >= 4 is 24.0 Å². The van der Waals surface area contributed by atoms with Crippen LogP contribution in [0.15, 0.2) is 100 Å². The van der Waals surface area contributed by atoms with Crippen molar-refractivity contribution in [1.29, 1.82) is 0 Å². The van der Waals surface area contributed by atoms with Crippen LogP contribution in [0, 0.1) is 0 Å². The van der Waals surface area contributed by atoms with Crippen LogP contribution >= 0.6 is 7.92 Å². The number of hydrogen-bond acceptors (Lipinski definition) is 2. The number of rotatable bonds is 4. The molecule has 4 nitrogen and oxygen atoms in total. The molecule has 0 amide bonds. The molecule has 0 spiro atoms. The molecule has 3 aromatic carbocycles. The number of H-pyrrole nitrogens is 1.